The molecule has 3 aliphatic heterocycles. The summed E-state index contributed by atoms with van der Waals surface area (Å²) in [5, 5.41) is 21.8. The average molecular weight is 577 g/mol. The number of hydrogen-bond acceptors (Lipinski definition) is 8. The lowest BCUT2D eigenvalue weighted by molar-refractivity contribution is 0.111. The fraction of sp³-hybridized carbons (Fsp3) is 0.438. The monoisotopic (exact) mass is 576 g/mol. The highest BCUT2D eigenvalue weighted by Crippen LogP contribution is 2.44. The van der Waals surface area contributed by atoms with Crippen LogP contribution in [0.2, 0.25) is 0 Å². The first kappa shape index (κ1) is 27.1. The Morgan fingerprint density at radius 1 is 1.05 bits per heavy atom. The van der Waals surface area contributed by atoms with Gasteiger partial charge in [0.1, 0.15) is 36.0 Å². The number of rotatable bonds is 7. The molecule has 0 atom stereocenters. The number of aliphatic hydroxyl groups is 1. The van der Waals surface area contributed by atoms with E-state index in [2.05, 4.69) is 14.9 Å². The average Bonchev–Trinajstić information content (AvgIpc) is 3.52. The van der Waals surface area contributed by atoms with Gasteiger partial charge in [0.05, 0.1) is 29.8 Å². The van der Waals surface area contributed by atoms with Crippen LogP contribution in [0, 0.1) is 11.6 Å². The van der Waals surface area contributed by atoms with Crippen molar-refractivity contribution < 1.29 is 28.5 Å². The van der Waals surface area contributed by atoms with Crippen LogP contribution in [0.1, 0.15) is 38.2 Å². The number of phenolic OH excluding ortho intramolecular Hbond substituents is 1. The molecule has 42 heavy (non-hydrogen) atoms. The maximum atomic E-state index is 16.8. The van der Waals surface area contributed by atoms with E-state index in [1.807, 2.05) is 11.8 Å². The van der Waals surface area contributed by atoms with E-state index in [4.69, 9.17) is 9.47 Å². The SMILES string of the molecule is CCc1c(F)ccc2cc(O)cc(-c3nc4c5c(cc(OCC67CCCN6CCC7)nc5c3F)N(CCO)CCO4)c12. The van der Waals surface area contributed by atoms with Crippen LogP contribution >= 0.6 is 0 Å². The normalized spacial score (nSPS) is 18.0. The second-order valence-electron chi connectivity index (χ2n) is 11.5. The third kappa shape index (κ3) is 4.31. The lowest BCUT2D eigenvalue weighted by Crippen LogP contribution is -2.43. The number of anilines is 1. The zero-order valence-electron chi connectivity index (χ0n) is 23.6. The second kappa shape index (κ2) is 10.5. The molecule has 5 heterocycles. The van der Waals surface area contributed by atoms with Gasteiger partial charge in [0.2, 0.25) is 11.8 Å². The smallest absolute Gasteiger partial charge is 0.225 e. The lowest BCUT2D eigenvalue weighted by atomic mass is 9.94. The summed E-state index contributed by atoms with van der Waals surface area (Å²) in [6, 6.07) is 7.66. The minimum absolute atomic E-state index is 0.0190. The van der Waals surface area contributed by atoms with Crippen LogP contribution in [-0.4, -0.2) is 76.6 Å². The fourth-order valence-corrected chi connectivity index (χ4v) is 7.23. The number of benzene rings is 2. The number of aryl methyl sites for hydroxylation is 1. The molecule has 0 spiro atoms. The maximum absolute atomic E-state index is 16.8. The molecule has 3 aliphatic rings. The summed E-state index contributed by atoms with van der Waals surface area (Å²) in [5.74, 6) is -0.724. The number of pyridine rings is 2. The molecule has 220 valence electrons. The predicted molar refractivity (Wildman–Crippen MR) is 156 cm³/mol. The predicted octanol–water partition coefficient (Wildman–Crippen LogP) is 5.19. The van der Waals surface area contributed by atoms with Crippen LogP contribution in [0.15, 0.2) is 30.3 Å². The molecule has 2 N–H and O–H groups in total. The second-order valence-corrected chi connectivity index (χ2v) is 11.5. The topological polar surface area (TPSA) is 91.2 Å². The van der Waals surface area contributed by atoms with Gasteiger partial charge in [0.15, 0.2) is 5.82 Å². The van der Waals surface area contributed by atoms with Gasteiger partial charge in [-0.2, -0.15) is 0 Å². The summed E-state index contributed by atoms with van der Waals surface area (Å²) in [4.78, 5) is 13.7. The van der Waals surface area contributed by atoms with Crippen molar-refractivity contribution in [2.45, 2.75) is 44.6 Å². The summed E-state index contributed by atoms with van der Waals surface area (Å²) in [6.45, 7) is 5.35. The molecule has 8 nitrogen and oxygen atoms in total. The third-order valence-electron chi connectivity index (χ3n) is 9.19. The summed E-state index contributed by atoms with van der Waals surface area (Å²) >= 11 is 0. The number of hydrogen-bond donors (Lipinski definition) is 2. The zero-order chi connectivity index (χ0) is 29.0. The van der Waals surface area contributed by atoms with Gasteiger partial charge in [0.25, 0.3) is 0 Å². The Morgan fingerprint density at radius 2 is 1.86 bits per heavy atom. The van der Waals surface area contributed by atoms with Crippen LogP contribution in [-0.2, 0) is 6.42 Å². The summed E-state index contributed by atoms with van der Waals surface area (Å²) < 4.78 is 44.1. The van der Waals surface area contributed by atoms with Crippen LogP contribution in [0.25, 0.3) is 32.9 Å². The van der Waals surface area contributed by atoms with Crippen molar-refractivity contribution in [1.82, 2.24) is 14.9 Å². The van der Waals surface area contributed by atoms with Gasteiger partial charge in [-0.05, 0) is 79.7 Å². The Morgan fingerprint density at radius 3 is 2.62 bits per heavy atom. The maximum Gasteiger partial charge on any atom is 0.225 e. The van der Waals surface area contributed by atoms with E-state index in [1.54, 1.807) is 12.1 Å². The van der Waals surface area contributed by atoms with E-state index in [9.17, 15) is 14.6 Å². The molecule has 2 aromatic carbocycles. The lowest BCUT2D eigenvalue weighted by Gasteiger charge is -2.31. The molecule has 0 amide bonds. The van der Waals surface area contributed by atoms with Crippen molar-refractivity contribution in [3.8, 4) is 28.8 Å². The van der Waals surface area contributed by atoms with Crippen LogP contribution < -0.4 is 14.4 Å². The first-order valence-corrected chi connectivity index (χ1v) is 14.8. The number of β-amino-alcohol motifs (C(OH)–C–C–N with tert-alkyl or cyclic N) is 1. The van der Waals surface area contributed by atoms with Gasteiger partial charge in [0, 0.05) is 18.2 Å². The highest BCUT2D eigenvalue weighted by molar-refractivity contribution is 6.04. The molecule has 4 aromatic rings. The van der Waals surface area contributed by atoms with Crippen molar-refractivity contribution in [1.29, 1.82) is 0 Å². The number of aliphatic hydroxyl groups excluding tert-OH is 1. The number of aromatic nitrogens is 2. The highest BCUT2D eigenvalue weighted by atomic mass is 19.1. The van der Waals surface area contributed by atoms with Gasteiger partial charge in [-0.15, -0.1) is 0 Å². The zero-order valence-corrected chi connectivity index (χ0v) is 23.6. The van der Waals surface area contributed by atoms with Gasteiger partial charge in [-0.25, -0.2) is 18.7 Å². The Balaban J connectivity index is 1.43. The van der Waals surface area contributed by atoms with Crippen molar-refractivity contribution >= 4 is 27.4 Å². The minimum atomic E-state index is -0.713. The van der Waals surface area contributed by atoms with Gasteiger partial charge >= 0.3 is 0 Å². The Kier molecular flexibility index (Phi) is 6.78. The molecule has 2 saturated heterocycles. The largest absolute Gasteiger partial charge is 0.508 e. The van der Waals surface area contributed by atoms with Gasteiger partial charge in [-0.1, -0.05) is 13.0 Å². The molecule has 0 bridgehead atoms. The first-order chi connectivity index (χ1) is 20.4. The third-order valence-corrected chi connectivity index (χ3v) is 9.19. The van der Waals surface area contributed by atoms with E-state index in [0.29, 0.717) is 59.4 Å². The number of nitrogens with zero attached hydrogens (tertiary/aromatic N) is 4. The number of halogens is 2. The van der Waals surface area contributed by atoms with Crippen molar-refractivity contribution in [2.75, 3.05) is 50.9 Å². The Labute approximate surface area is 242 Å². The fourth-order valence-electron chi connectivity index (χ4n) is 7.23. The molecule has 2 aromatic heterocycles. The molecular formula is C32H34F2N4O4. The number of aromatic hydroxyl groups is 1. The number of ether oxygens (including phenoxy) is 2. The highest BCUT2D eigenvalue weighted by Gasteiger charge is 2.45. The van der Waals surface area contributed by atoms with Crippen LogP contribution in [0.4, 0.5) is 14.5 Å². The molecule has 10 heteroatoms. The van der Waals surface area contributed by atoms with E-state index in [0.717, 1.165) is 38.8 Å². The van der Waals surface area contributed by atoms with Crippen LogP contribution in [0.3, 0.4) is 0 Å². The summed E-state index contributed by atoms with van der Waals surface area (Å²) in [6.07, 6.45) is 4.75. The van der Waals surface area contributed by atoms with E-state index >= 15 is 4.39 Å². The quantitative estimate of drug-likeness (QED) is 0.311. The van der Waals surface area contributed by atoms with Crippen molar-refractivity contribution in [3.63, 3.8) is 0 Å². The Bertz CT molecular complexity index is 1690. The molecular weight excluding hydrogens is 542 g/mol. The number of phenols is 1. The van der Waals surface area contributed by atoms with E-state index < -0.39 is 11.6 Å². The Hall–Kier alpha value is -3.76. The summed E-state index contributed by atoms with van der Waals surface area (Å²) in [5.41, 5.74) is 1.22. The van der Waals surface area contributed by atoms with Gasteiger partial charge < -0.3 is 24.6 Å². The van der Waals surface area contributed by atoms with Gasteiger partial charge in [-0.3, -0.25) is 4.90 Å². The van der Waals surface area contributed by atoms with Crippen LogP contribution in [0.5, 0.6) is 17.5 Å². The molecule has 0 radical (unpaired) electrons. The molecule has 0 saturated carbocycles. The minimum Gasteiger partial charge on any atom is -0.508 e. The summed E-state index contributed by atoms with van der Waals surface area (Å²) in [7, 11) is 0. The van der Waals surface area contributed by atoms with E-state index in [-0.39, 0.29) is 47.2 Å². The first-order valence-electron chi connectivity index (χ1n) is 14.8. The van der Waals surface area contributed by atoms with Crippen molar-refractivity contribution in [2.24, 2.45) is 0 Å². The number of fused-ring (bicyclic) bond motifs is 2. The molecule has 2 fully saturated rings. The molecule has 0 unspecified atom stereocenters. The standard InChI is InChI=1S/C32H34F2N4O4/c1-2-21-23(33)6-5-19-15-20(40)16-22(26(19)21)29-28(34)30-27-24(37(11-13-39)12-14-41-31(27)36-29)17-25(35-30)42-18-32-7-3-9-38(32)10-4-8-32/h5-6,15-17,39-40H,2-4,7-14,18H2,1H3. The molecule has 0 aliphatic carbocycles. The van der Waals surface area contributed by atoms with Crippen molar-refractivity contribution in [3.05, 3.63) is 47.5 Å². The molecule has 7 rings (SSSR count). The van der Waals surface area contributed by atoms with E-state index in [1.165, 1.54) is 18.2 Å².